The fraction of sp³-hybridized carbons (Fsp3) is 0.545. The van der Waals surface area contributed by atoms with Gasteiger partial charge >= 0.3 is 5.97 Å². The zero-order valence-corrected chi connectivity index (χ0v) is 19.8. The van der Waals surface area contributed by atoms with Crippen molar-refractivity contribution >= 4 is 35.5 Å². The van der Waals surface area contributed by atoms with Gasteiger partial charge in [0.15, 0.2) is 0 Å². The second-order valence-corrected chi connectivity index (χ2v) is 9.08. The van der Waals surface area contributed by atoms with Crippen molar-refractivity contribution in [3.63, 3.8) is 0 Å². The third kappa shape index (κ3) is 7.61. The van der Waals surface area contributed by atoms with E-state index >= 15 is 0 Å². The normalized spacial score (nSPS) is 18.1. The first-order valence-electron chi connectivity index (χ1n) is 10.9. The topological polar surface area (TPSA) is 182 Å². The zero-order valence-electron chi connectivity index (χ0n) is 19.0. The number of nitrogens with two attached hydrogens (primary N) is 1. The second kappa shape index (κ2) is 13.2. The highest BCUT2D eigenvalue weighted by molar-refractivity contribution is 7.98. The van der Waals surface area contributed by atoms with E-state index in [9.17, 15) is 34.5 Å². The minimum absolute atomic E-state index is 0.0393. The number of aliphatic hydroxyl groups excluding tert-OH is 1. The number of likely N-dealkylation sites (tertiary alicyclic amines) is 1. The van der Waals surface area contributed by atoms with E-state index in [0.717, 1.165) is 4.90 Å². The molecule has 3 amide bonds. The molecule has 1 saturated heterocycles. The van der Waals surface area contributed by atoms with Crippen LogP contribution in [0, 0.1) is 0 Å². The average Bonchev–Trinajstić information content (AvgIpc) is 3.31. The van der Waals surface area contributed by atoms with E-state index in [1.165, 1.54) is 23.9 Å². The number of hydrogen-bond acceptors (Lipinski definition) is 8. The predicted molar refractivity (Wildman–Crippen MR) is 126 cm³/mol. The number of amides is 3. The number of phenolic OH excluding ortho intramolecular Hbond substituents is 1. The van der Waals surface area contributed by atoms with Crippen molar-refractivity contribution in [2.75, 3.05) is 25.2 Å². The maximum atomic E-state index is 13.1. The van der Waals surface area contributed by atoms with Gasteiger partial charge in [0.1, 0.15) is 23.9 Å². The Balaban J connectivity index is 2.16. The lowest BCUT2D eigenvalue weighted by Crippen LogP contribution is -2.58. The van der Waals surface area contributed by atoms with Gasteiger partial charge in [-0.15, -0.1) is 0 Å². The minimum Gasteiger partial charge on any atom is -0.508 e. The number of carbonyl (C=O) groups is 4. The van der Waals surface area contributed by atoms with Gasteiger partial charge in [-0.1, -0.05) is 12.1 Å². The van der Waals surface area contributed by atoms with Crippen LogP contribution in [0.25, 0.3) is 0 Å². The molecular formula is C22H32N4O7S. The number of phenols is 1. The molecule has 0 radical (unpaired) electrons. The molecule has 1 aliphatic rings. The quantitative estimate of drug-likeness (QED) is 0.212. The van der Waals surface area contributed by atoms with E-state index in [1.807, 2.05) is 6.26 Å². The number of nitrogens with one attached hydrogen (secondary N) is 2. The summed E-state index contributed by atoms with van der Waals surface area (Å²) in [6.07, 6.45) is 3.13. The van der Waals surface area contributed by atoms with E-state index in [2.05, 4.69) is 10.6 Å². The van der Waals surface area contributed by atoms with E-state index in [4.69, 9.17) is 5.73 Å². The molecule has 4 unspecified atom stereocenters. The lowest BCUT2D eigenvalue weighted by Gasteiger charge is -2.28. The summed E-state index contributed by atoms with van der Waals surface area (Å²) >= 11 is 1.53. The maximum Gasteiger partial charge on any atom is 0.326 e. The van der Waals surface area contributed by atoms with Crippen molar-refractivity contribution in [3.8, 4) is 5.75 Å². The Morgan fingerprint density at radius 3 is 2.38 bits per heavy atom. The van der Waals surface area contributed by atoms with Crippen molar-refractivity contribution in [1.29, 1.82) is 0 Å². The zero-order chi connectivity index (χ0) is 25.3. The van der Waals surface area contributed by atoms with Crippen LogP contribution in [-0.4, -0.2) is 93.2 Å². The third-order valence-electron chi connectivity index (χ3n) is 5.60. The van der Waals surface area contributed by atoms with Crippen molar-refractivity contribution in [3.05, 3.63) is 29.8 Å². The number of aliphatic carboxylic acids is 1. The summed E-state index contributed by atoms with van der Waals surface area (Å²) in [6.45, 7) is -0.527. The first-order chi connectivity index (χ1) is 16.2. The highest BCUT2D eigenvalue weighted by Crippen LogP contribution is 2.19. The number of aliphatic hydroxyl groups is 1. The number of hydrogen-bond donors (Lipinski definition) is 6. The van der Waals surface area contributed by atoms with Crippen molar-refractivity contribution in [2.24, 2.45) is 5.73 Å². The van der Waals surface area contributed by atoms with E-state index in [-0.39, 0.29) is 18.7 Å². The summed E-state index contributed by atoms with van der Waals surface area (Å²) in [5.74, 6) is -2.41. The van der Waals surface area contributed by atoms with Gasteiger partial charge in [-0.25, -0.2) is 4.79 Å². The number of benzene rings is 1. The van der Waals surface area contributed by atoms with Crippen LogP contribution in [0.3, 0.4) is 0 Å². The van der Waals surface area contributed by atoms with Gasteiger partial charge in [0, 0.05) is 13.0 Å². The van der Waals surface area contributed by atoms with Gasteiger partial charge in [-0.3, -0.25) is 14.4 Å². The lowest BCUT2D eigenvalue weighted by molar-refractivity contribution is -0.150. The van der Waals surface area contributed by atoms with Crippen LogP contribution in [0.4, 0.5) is 0 Å². The molecule has 0 aromatic heterocycles. The maximum absolute atomic E-state index is 13.1. The monoisotopic (exact) mass is 496 g/mol. The van der Waals surface area contributed by atoms with Crippen LogP contribution < -0.4 is 16.4 Å². The highest BCUT2D eigenvalue weighted by Gasteiger charge is 2.38. The summed E-state index contributed by atoms with van der Waals surface area (Å²) in [6, 6.07) is 1.73. The number of nitrogens with zero attached hydrogens (tertiary/aromatic N) is 1. The second-order valence-electron chi connectivity index (χ2n) is 8.09. The van der Waals surface area contributed by atoms with Crippen LogP contribution in [0.2, 0.25) is 0 Å². The molecule has 0 saturated carbocycles. The Hall–Kier alpha value is -2.83. The van der Waals surface area contributed by atoms with Gasteiger partial charge < -0.3 is 36.6 Å². The van der Waals surface area contributed by atoms with Crippen LogP contribution in [0.1, 0.15) is 24.8 Å². The molecule has 34 heavy (non-hydrogen) atoms. The first kappa shape index (κ1) is 27.4. The molecule has 1 fully saturated rings. The Kier molecular flexibility index (Phi) is 10.6. The molecule has 188 valence electrons. The molecule has 7 N–H and O–H groups in total. The fourth-order valence-corrected chi connectivity index (χ4v) is 4.17. The molecule has 1 aromatic rings. The van der Waals surface area contributed by atoms with Crippen LogP contribution in [-0.2, 0) is 25.6 Å². The SMILES string of the molecule is CSCCC(N)C(=O)NC(Cc1ccc(O)cc1)C(=O)NC(CO)C(=O)N1CCCC1C(=O)O. The summed E-state index contributed by atoms with van der Waals surface area (Å²) in [4.78, 5) is 51.0. The Labute approximate surface area is 202 Å². The van der Waals surface area contributed by atoms with E-state index in [0.29, 0.717) is 30.6 Å². The Bertz CT molecular complexity index is 867. The standard InChI is InChI=1S/C22H32N4O7S/c1-34-10-8-15(23)19(29)24-16(11-13-4-6-14(28)7-5-13)20(30)25-17(12-27)21(31)26-9-2-3-18(26)22(32)33/h4-7,15-18,27-28H,2-3,8-12,23H2,1H3,(H,24,29)(H,25,30)(H,32,33). The molecule has 0 spiro atoms. The van der Waals surface area contributed by atoms with Gasteiger partial charge in [0.2, 0.25) is 17.7 Å². The van der Waals surface area contributed by atoms with Gasteiger partial charge in [0.05, 0.1) is 12.6 Å². The highest BCUT2D eigenvalue weighted by atomic mass is 32.2. The smallest absolute Gasteiger partial charge is 0.326 e. The number of carbonyl (C=O) groups excluding carboxylic acids is 3. The number of carboxylic acids is 1. The summed E-state index contributed by atoms with van der Waals surface area (Å²) in [5, 5.41) is 33.6. The van der Waals surface area contributed by atoms with Crippen molar-refractivity contribution in [2.45, 2.75) is 49.9 Å². The van der Waals surface area contributed by atoms with Crippen molar-refractivity contribution < 1.29 is 34.5 Å². The number of thioether (sulfide) groups is 1. The van der Waals surface area contributed by atoms with Crippen LogP contribution >= 0.6 is 11.8 Å². The summed E-state index contributed by atoms with van der Waals surface area (Å²) in [7, 11) is 0. The van der Waals surface area contributed by atoms with Crippen LogP contribution in [0.5, 0.6) is 5.75 Å². The largest absolute Gasteiger partial charge is 0.508 e. The number of rotatable bonds is 12. The molecule has 4 atom stereocenters. The predicted octanol–water partition coefficient (Wildman–Crippen LogP) is -0.947. The van der Waals surface area contributed by atoms with Gasteiger partial charge in [-0.05, 0) is 49.0 Å². The average molecular weight is 497 g/mol. The molecule has 1 heterocycles. The lowest BCUT2D eigenvalue weighted by atomic mass is 10.0. The summed E-state index contributed by atoms with van der Waals surface area (Å²) in [5.41, 5.74) is 6.55. The first-order valence-corrected chi connectivity index (χ1v) is 12.3. The fourth-order valence-electron chi connectivity index (χ4n) is 3.68. The molecule has 0 bridgehead atoms. The molecule has 2 rings (SSSR count). The molecule has 1 aliphatic heterocycles. The molecule has 12 heteroatoms. The third-order valence-corrected chi connectivity index (χ3v) is 6.24. The van der Waals surface area contributed by atoms with Crippen LogP contribution in [0.15, 0.2) is 24.3 Å². The molecular weight excluding hydrogens is 464 g/mol. The Morgan fingerprint density at radius 2 is 1.79 bits per heavy atom. The number of aromatic hydroxyl groups is 1. The minimum atomic E-state index is -1.36. The molecule has 11 nitrogen and oxygen atoms in total. The Morgan fingerprint density at radius 1 is 1.15 bits per heavy atom. The van der Waals surface area contributed by atoms with E-state index < -0.39 is 54.5 Å². The van der Waals surface area contributed by atoms with E-state index in [1.54, 1.807) is 12.1 Å². The van der Waals surface area contributed by atoms with Crippen molar-refractivity contribution in [1.82, 2.24) is 15.5 Å². The molecule has 0 aliphatic carbocycles. The summed E-state index contributed by atoms with van der Waals surface area (Å²) < 4.78 is 0. The molecule has 1 aromatic carbocycles. The van der Waals surface area contributed by atoms with Gasteiger partial charge in [0.25, 0.3) is 0 Å². The number of carboxylic acid groups (broad SMARTS) is 1. The van der Waals surface area contributed by atoms with Gasteiger partial charge in [-0.2, -0.15) is 11.8 Å².